The number of carbonyl (C=O) groups is 2. The molecular formula is C27H30F4N2O2. The summed E-state index contributed by atoms with van der Waals surface area (Å²) in [4.78, 5) is 28.2. The van der Waals surface area contributed by atoms with E-state index in [1.807, 2.05) is 0 Å². The molecule has 0 spiro atoms. The summed E-state index contributed by atoms with van der Waals surface area (Å²) in [5.41, 5.74) is 0.977. The quantitative estimate of drug-likeness (QED) is 0.528. The number of carbonyl (C=O) groups excluding carboxylic acids is 2. The van der Waals surface area contributed by atoms with Gasteiger partial charge in [-0.15, -0.1) is 0 Å². The molecule has 2 atom stereocenters. The number of alkyl halides is 3. The highest BCUT2D eigenvalue weighted by atomic mass is 19.4. The summed E-state index contributed by atoms with van der Waals surface area (Å²) < 4.78 is 52.8. The Labute approximate surface area is 202 Å². The number of halogens is 4. The molecule has 188 valence electrons. The first kappa shape index (κ1) is 25.2. The van der Waals surface area contributed by atoms with E-state index in [2.05, 4.69) is 5.32 Å². The van der Waals surface area contributed by atoms with E-state index < -0.39 is 17.7 Å². The fourth-order valence-corrected chi connectivity index (χ4v) is 5.25. The first-order valence-electron chi connectivity index (χ1n) is 12.1. The van der Waals surface area contributed by atoms with Crippen LogP contribution in [0.3, 0.4) is 0 Å². The number of rotatable bonds is 5. The van der Waals surface area contributed by atoms with Crippen LogP contribution in [0.2, 0.25) is 0 Å². The van der Waals surface area contributed by atoms with Gasteiger partial charge in [0.15, 0.2) is 0 Å². The molecule has 0 aromatic heterocycles. The van der Waals surface area contributed by atoms with Gasteiger partial charge in [-0.05, 0) is 67.5 Å². The Kier molecular flexibility index (Phi) is 7.47. The SMILES string of the molecule is Cc1cc([C@@H]2CC[C@H](C(=O)NCc3cccc(C(F)(F)F)c3)CN2C(=O)C2CCCC2)ccc1F. The summed E-state index contributed by atoms with van der Waals surface area (Å²) >= 11 is 0. The molecule has 35 heavy (non-hydrogen) atoms. The van der Waals surface area contributed by atoms with Gasteiger partial charge in [0.1, 0.15) is 5.82 Å². The molecule has 2 amide bonds. The van der Waals surface area contributed by atoms with Crippen LogP contribution >= 0.6 is 0 Å². The Morgan fingerprint density at radius 1 is 1.00 bits per heavy atom. The van der Waals surface area contributed by atoms with Crippen LogP contribution in [0.1, 0.15) is 66.8 Å². The number of amides is 2. The van der Waals surface area contributed by atoms with E-state index in [1.54, 1.807) is 30.0 Å². The van der Waals surface area contributed by atoms with E-state index in [-0.39, 0.29) is 42.7 Å². The van der Waals surface area contributed by atoms with Crippen LogP contribution < -0.4 is 5.32 Å². The van der Waals surface area contributed by atoms with Gasteiger partial charge < -0.3 is 10.2 Å². The van der Waals surface area contributed by atoms with Gasteiger partial charge in [0.05, 0.1) is 17.5 Å². The molecule has 1 saturated carbocycles. The van der Waals surface area contributed by atoms with E-state index in [4.69, 9.17) is 0 Å². The maximum Gasteiger partial charge on any atom is 0.416 e. The van der Waals surface area contributed by atoms with E-state index in [0.29, 0.717) is 24.0 Å². The molecule has 2 aromatic carbocycles. The van der Waals surface area contributed by atoms with Crippen molar-refractivity contribution >= 4 is 11.8 Å². The summed E-state index contributed by atoms with van der Waals surface area (Å²) in [6.45, 7) is 1.91. The van der Waals surface area contributed by atoms with Crippen molar-refractivity contribution in [2.45, 2.75) is 64.2 Å². The van der Waals surface area contributed by atoms with E-state index in [0.717, 1.165) is 43.4 Å². The van der Waals surface area contributed by atoms with Crippen LogP contribution in [0.25, 0.3) is 0 Å². The molecule has 8 heteroatoms. The standard InChI is InChI=1S/C27H30F4N2O2/c1-17-13-20(9-11-23(17)28)24-12-10-21(16-33(24)26(35)19-6-2-3-7-19)25(34)32-15-18-5-4-8-22(14-18)27(29,30)31/h4-5,8-9,11,13-14,19,21,24H,2-3,6-7,10,12,15-16H2,1H3,(H,32,34)/t21-,24-/m0/s1. The lowest BCUT2D eigenvalue weighted by atomic mass is 9.86. The fourth-order valence-electron chi connectivity index (χ4n) is 5.25. The van der Waals surface area contributed by atoms with Gasteiger partial charge >= 0.3 is 6.18 Å². The minimum atomic E-state index is -4.45. The van der Waals surface area contributed by atoms with Crippen molar-refractivity contribution in [3.05, 3.63) is 70.5 Å². The number of nitrogens with zero attached hydrogens (tertiary/aromatic N) is 1. The average molecular weight is 491 g/mol. The Bertz CT molecular complexity index is 1080. The highest BCUT2D eigenvalue weighted by molar-refractivity contribution is 5.83. The molecule has 1 heterocycles. The van der Waals surface area contributed by atoms with Gasteiger partial charge in [0, 0.05) is 19.0 Å². The second-order valence-corrected chi connectivity index (χ2v) is 9.69. The molecular weight excluding hydrogens is 460 g/mol. The lowest BCUT2D eigenvalue weighted by Crippen LogP contribution is -2.48. The van der Waals surface area contributed by atoms with Gasteiger partial charge in [-0.1, -0.05) is 37.1 Å². The van der Waals surface area contributed by atoms with Crippen molar-refractivity contribution in [2.24, 2.45) is 11.8 Å². The highest BCUT2D eigenvalue weighted by Crippen LogP contribution is 2.38. The van der Waals surface area contributed by atoms with Crippen LogP contribution in [0.15, 0.2) is 42.5 Å². The molecule has 1 saturated heterocycles. The van der Waals surface area contributed by atoms with Crippen molar-refractivity contribution in [2.75, 3.05) is 6.54 Å². The van der Waals surface area contributed by atoms with Gasteiger partial charge in [-0.3, -0.25) is 9.59 Å². The maximum absolute atomic E-state index is 13.9. The van der Waals surface area contributed by atoms with Gasteiger partial charge in [0.2, 0.25) is 11.8 Å². The number of nitrogens with one attached hydrogen (secondary N) is 1. The third-order valence-corrected chi connectivity index (χ3v) is 7.23. The molecule has 0 radical (unpaired) electrons. The molecule has 1 N–H and O–H groups in total. The van der Waals surface area contributed by atoms with Crippen molar-refractivity contribution in [3.63, 3.8) is 0 Å². The predicted molar refractivity (Wildman–Crippen MR) is 124 cm³/mol. The van der Waals surface area contributed by atoms with Crippen LogP contribution in [-0.2, 0) is 22.3 Å². The van der Waals surface area contributed by atoms with E-state index in [9.17, 15) is 27.2 Å². The summed E-state index contributed by atoms with van der Waals surface area (Å²) in [5, 5.41) is 2.75. The summed E-state index contributed by atoms with van der Waals surface area (Å²) in [7, 11) is 0. The minimum Gasteiger partial charge on any atom is -0.352 e. The number of piperidine rings is 1. The van der Waals surface area contributed by atoms with Crippen LogP contribution in [0, 0.1) is 24.6 Å². The second-order valence-electron chi connectivity index (χ2n) is 9.69. The lowest BCUT2D eigenvalue weighted by Gasteiger charge is -2.41. The molecule has 4 rings (SSSR count). The Hall–Kier alpha value is -2.90. The molecule has 1 aliphatic heterocycles. The third kappa shape index (κ3) is 5.85. The summed E-state index contributed by atoms with van der Waals surface area (Å²) in [5.74, 6) is -1.06. The molecule has 0 unspecified atom stereocenters. The zero-order valence-electron chi connectivity index (χ0n) is 19.7. The normalized spacial score (nSPS) is 21.2. The molecule has 1 aliphatic carbocycles. The van der Waals surface area contributed by atoms with Crippen molar-refractivity contribution in [1.82, 2.24) is 10.2 Å². The number of aryl methyl sites for hydroxylation is 1. The van der Waals surface area contributed by atoms with E-state index in [1.165, 1.54) is 12.1 Å². The highest BCUT2D eigenvalue weighted by Gasteiger charge is 2.38. The molecule has 2 aliphatic rings. The second kappa shape index (κ2) is 10.4. The predicted octanol–water partition coefficient (Wildman–Crippen LogP) is 5.94. The lowest BCUT2D eigenvalue weighted by molar-refractivity contribution is -0.142. The van der Waals surface area contributed by atoms with Crippen LogP contribution in [0.5, 0.6) is 0 Å². The van der Waals surface area contributed by atoms with Crippen molar-refractivity contribution in [1.29, 1.82) is 0 Å². The van der Waals surface area contributed by atoms with Crippen LogP contribution in [-0.4, -0.2) is 23.3 Å². The topological polar surface area (TPSA) is 49.4 Å². The van der Waals surface area contributed by atoms with Crippen LogP contribution in [0.4, 0.5) is 17.6 Å². The number of likely N-dealkylation sites (tertiary alicyclic amines) is 1. The van der Waals surface area contributed by atoms with Gasteiger partial charge in [0.25, 0.3) is 0 Å². The minimum absolute atomic E-state index is 0.0175. The number of hydrogen-bond donors (Lipinski definition) is 1. The Morgan fingerprint density at radius 3 is 2.43 bits per heavy atom. The summed E-state index contributed by atoms with van der Waals surface area (Å²) in [6, 6.07) is 9.55. The van der Waals surface area contributed by atoms with Crippen molar-refractivity contribution in [3.8, 4) is 0 Å². The van der Waals surface area contributed by atoms with E-state index >= 15 is 0 Å². The fraction of sp³-hybridized carbons (Fsp3) is 0.481. The third-order valence-electron chi connectivity index (χ3n) is 7.23. The van der Waals surface area contributed by atoms with Gasteiger partial charge in [-0.2, -0.15) is 13.2 Å². The average Bonchev–Trinajstić information content (AvgIpc) is 3.38. The smallest absolute Gasteiger partial charge is 0.352 e. The number of benzene rings is 2. The number of hydrogen-bond acceptors (Lipinski definition) is 2. The molecule has 0 bridgehead atoms. The largest absolute Gasteiger partial charge is 0.416 e. The van der Waals surface area contributed by atoms with Crippen molar-refractivity contribution < 1.29 is 27.2 Å². The summed E-state index contributed by atoms with van der Waals surface area (Å²) in [6.07, 6.45) is 0.318. The zero-order valence-corrected chi connectivity index (χ0v) is 19.7. The zero-order chi connectivity index (χ0) is 25.2. The Balaban J connectivity index is 1.47. The molecule has 2 fully saturated rings. The maximum atomic E-state index is 13.9. The molecule has 2 aromatic rings. The monoisotopic (exact) mass is 490 g/mol. The van der Waals surface area contributed by atoms with Gasteiger partial charge in [-0.25, -0.2) is 4.39 Å². The molecule has 4 nitrogen and oxygen atoms in total. The first-order valence-corrected chi connectivity index (χ1v) is 12.1. The first-order chi connectivity index (χ1) is 16.6. The Morgan fingerprint density at radius 2 is 1.74 bits per heavy atom.